The van der Waals surface area contributed by atoms with Crippen molar-refractivity contribution >= 4 is 50.4 Å². The maximum atomic E-state index is 13.5. The average molecular weight is 606 g/mol. The lowest BCUT2D eigenvalue weighted by atomic mass is 9.95. The van der Waals surface area contributed by atoms with E-state index in [1.54, 1.807) is 23.7 Å². The van der Waals surface area contributed by atoms with E-state index >= 15 is 0 Å². The molecular weight excluding hydrogens is 571 g/mol. The second-order valence-corrected chi connectivity index (χ2v) is 13.1. The van der Waals surface area contributed by atoms with Crippen molar-refractivity contribution in [1.29, 1.82) is 0 Å². The van der Waals surface area contributed by atoms with Crippen LogP contribution < -0.4 is 10.1 Å². The Labute approximate surface area is 254 Å². The minimum Gasteiger partial charge on any atom is -0.487 e. The predicted octanol–water partition coefficient (Wildman–Crippen LogP) is 7.34. The molecule has 6 rings (SSSR count). The number of aromatic nitrogens is 2. The lowest BCUT2D eigenvalue weighted by Crippen LogP contribution is -2.50. The Morgan fingerprint density at radius 1 is 1.19 bits per heavy atom. The number of benzene rings is 2. The number of piperidine rings is 1. The highest BCUT2D eigenvalue weighted by Crippen LogP contribution is 2.39. The first-order valence-electron chi connectivity index (χ1n) is 14.3. The van der Waals surface area contributed by atoms with Crippen molar-refractivity contribution in [1.82, 2.24) is 15.0 Å². The standard InChI is InChI=1S/C32H35ClFN6OS/c1-4-39(25-12-14-40(2,3)15-13-25)38-24-8-10-26-29(18-24)42-32-30(26)31(35-20-36-32)37-23-9-11-28(27(33)17-23)41-19-21-6-5-7-22(34)16-21/h4-7,9,11,16-17,20,25H,1,8,10,12-15,18-19H2,2-3H3,(H,35,36,37)/q+1/b38-24-. The van der Waals surface area contributed by atoms with E-state index in [2.05, 4.69) is 41.0 Å². The van der Waals surface area contributed by atoms with Crippen LogP contribution in [0.5, 0.6) is 5.75 Å². The number of hydrogen-bond donors (Lipinski definition) is 1. The summed E-state index contributed by atoms with van der Waals surface area (Å²) in [6.07, 6.45) is 8.34. The number of likely N-dealkylation sites (tertiary alicyclic amines) is 1. The Morgan fingerprint density at radius 2 is 2.02 bits per heavy atom. The third kappa shape index (κ3) is 6.28. The lowest BCUT2D eigenvalue weighted by molar-refractivity contribution is -0.895. The second-order valence-electron chi connectivity index (χ2n) is 11.6. The zero-order chi connectivity index (χ0) is 29.3. The molecule has 0 radical (unpaired) electrons. The van der Waals surface area contributed by atoms with Gasteiger partial charge in [-0.1, -0.05) is 30.3 Å². The molecule has 0 amide bonds. The Hall–Kier alpha value is -3.53. The molecule has 0 unspecified atom stereocenters. The Morgan fingerprint density at radius 3 is 2.79 bits per heavy atom. The number of fused-ring (bicyclic) bond motifs is 3. The molecule has 2 aromatic carbocycles. The van der Waals surface area contributed by atoms with Gasteiger partial charge in [0.2, 0.25) is 0 Å². The molecule has 1 saturated heterocycles. The molecule has 10 heteroatoms. The van der Waals surface area contributed by atoms with Gasteiger partial charge in [-0.3, -0.25) is 5.01 Å². The highest BCUT2D eigenvalue weighted by Gasteiger charge is 2.30. The smallest absolute Gasteiger partial charge is 0.142 e. The summed E-state index contributed by atoms with van der Waals surface area (Å²) in [7, 11) is 4.60. The number of hydrazone groups is 1. The number of halogens is 2. The third-order valence-corrected chi connectivity index (χ3v) is 9.57. The molecule has 1 aliphatic carbocycles. The van der Waals surface area contributed by atoms with Crippen LogP contribution in [0.2, 0.25) is 5.02 Å². The summed E-state index contributed by atoms with van der Waals surface area (Å²) in [5.74, 6) is 1.00. The fourth-order valence-corrected chi connectivity index (χ4v) is 7.20. The van der Waals surface area contributed by atoms with E-state index in [1.165, 1.54) is 28.3 Å². The summed E-state index contributed by atoms with van der Waals surface area (Å²) in [4.78, 5) is 11.4. The number of hydrogen-bond acceptors (Lipinski definition) is 7. The van der Waals surface area contributed by atoms with E-state index < -0.39 is 0 Å². The third-order valence-electron chi connectivity index (χ3n) is 8.13. The molecule has 0 bridgehead atoms. The van der Waals surface area contributed by atoms with Crippen LogP contribution in [0.1, 0.15) is 35.3 Å². The van der Waals surface area contributed by atoms with Gasteiger partial charge in [0.15, 0.2) is 0 Å². The maximum Gasteiger partial charge on any atom is 0.142 e. The first-order valence-corrected chi connectivity index (χ1v) is 15.5. The molecule has 42 heavy (non-hydrogen) atoms. The van der Waals surface area contributed by atoms with Gasteiger partial charge in [-0.05, 0) is 54.3 Å². The molecular formula is C32H35ClFN6OS+. The molecule has 1 N–H and O–H groups in total. The van der Waals surface area contributed by atoms with E-state index in [4.69, 9.17) is 21.4 Å². The lowest BCUT2D eigenvalue weighted by Gasteiger charge is -2.39. The van der Waals surface area contributed by atoms with Crippen molar-refractivity contribution in [2.24, 2.45) is 5.10 Å². The predicted molar refractivity (Wildman–Crippen MR) is 169 cm³/mol. The highest BCUT2D eigenvalue weighted by molar-refractivity contribution is 7.19. The van der Waals surface area contributed by atoms with Gasteiger partial charge in [-0.25, -0.2) is 14.4 Å². The van der Waals surface area contributed by atoms with Crippen molar-refractivity contribution in [3.05, 3.63) is 88.4 Å². The summed E-state index contributed by atoms with van der Waals surface area (Å²) in [5.41, 5.74) is 4.02. The SMILES string of the molecule is C=CN(/N=C1/CCc2c(sc3ncnc(Nc4ccc(OCc5cccc(F)c5)c(Cl)c4)c23)C1)C1CC[N+](C)(C)CC1. The van der Waals surface area contributed by atoms with E-state index in [0.717, 1.165) is 77.0 Å². The molecule has 218 valence electrons. The zero-order valence-electron chi connectivity index (χ0n) is 23.9. The van der Waals surface area contributed by atoms with Crippen LogP contribution in [-0.4, -0.2) is 58.4 Å². The molecule has 0 saturated carbocycles. The molecule has 2 aromatic heterocycles. The molecule has 3 heterocycles. The largest absolute Gasteiger partial charge is 0.487 e. The topological polar surface area (TPSA) is 62.6 Å². The number of nitrogens with one attached hydrogen (secondary N) is 1. The number of nitrogens with zero attached hydrogens (tertiary/aromatic N) is 5. The normalized spacial score (nSPS) is 17.7. The monoisotopic (exact) mass is 605 g/mol. The number of thiophene rings is 1. The summed E-state index contributed by atoms with van der Waals surface area (Å²) in [6.45, 7) is 6.61. The van der Waals surface area contributed by atoms with Crippen LogP contribution in [0.15, 0.2) is 66.7 Å². The first kappa shape index (κ1) is 28.6. The fourth-order valence-electron chi connectivity index (χ4n) is 5.74. The first-order chi connectivity index (χ1) is 20.3. The van der Waals surface area contributed by atoms with Gasteiger partial charge in [-0.2, -0.15) is 5.10 Å². The summed E-state index contributed by atoms with van der Waals surface area (Å²) in [6, 6.07) is 12.3. The number of ether oxygens (including phenoxy) is 1. The van der Waals surface area contributed by atoms with E-state index in [-0.39, 0.29) is 12.4 Å². The van der Waals surface area contributed by atoms with Gasteiger partial charge < -0.3 is 14.5 Å². The maximum absolute atomic E-state index is 13.5. The van der Waals surface area contributed by atoms with E-state index in [0.29, 0.717) is 16.8 Å². The van der Waals surface area contributed by atoms with Crippen molar-refractivity contribution in [3.63, 3.8) is 0 Å². The molecule has 1 aliphatic heterocycles. The molecule has 4 aromatic rings. The van der Waals surface area contributed by atoms with Gasteiger partial charge >= 0.3 is 0 Å². The molecule has 7 nitrogen and oxygen atoms in total. The number of rotatable bonds is 8. The van der Waals surface area contributed by atoms with Crippen LogP contribution in [0.4, 0.5) is 15.9 Å². The van der Waals surface area contributed by atoms with Crippen LogP contribution in [-0.2, 0) is 19.4 Å². The summed E-state index contributed by atoms with van der Waals surface area (Å²) in [5, 5.41) is 12.2. The summed E-state index contributed by atoms with van der Waals surface area (Å²) >= 11 is 8.27. The Balaban J connectivity index is 1.17. The van der Waals surface area contributed by atoms with Gasteiger partial charge in [0, 0.05) is 41.7 Å². The Bertz CT molecular complexity index is 1640. The minimum absolute atomic E-state index is 0.228. The fraction of sp³-hybridized carbons (Fsp3) is 0.344. The van der Waals surface area contributed by atoms with Crippen LogP contribution in [0.3, 0.4) is 0 Å². The summed E-state index contributed by atoms with van der Waals surface area (Å²) < 4.78 is 20.4. The van der Waals surface area contributed by atoms with Gasteiger partial charge in [-0.15, -0.1) is 11.3 Å². The van der Waals surface area contributed by atoms with Crippen LogP contribution in [0, 0.1) is 5.82 Å². The quantitative estimate of drug-likeness (QED) is 0.168. The molecule has 0 atom stereocenters. The highest BCUT2D eigenvalue weighted by atomic mass is 35.5. The van der Waals surface area contributed by atoms with Crippen LogP contribution in [0.25, 0.3) is 10.2 Å². The molecule has 2 aliphatic rings. The van der Waals surface area contributed by atoms with Crippen molar-refractivity contribution in [3.8, 4) is 5.75 Å². The van der Waals surface area contributed by atoms with Crippen molar-refractivity contribution < 1.29 is 13.6 Å². The van der Waals surface area contributed by atoms with E-state index in [9.17, 15) is 4.39 Å². The molecule has 1 fully saturated rings. The number of aryl methyl sites for hydroxylation is 1. The minimum atomic E-state index is -0.293. The van der Waals surface area contributed by atoms with Crippen LogP contribution >= 0.6 is 22.9 Å². The number of anilines is 2. The Kier molecular flexibility index (Phi) is 8.16. The van der Waals surface area contributed by atoms with Gasteiger partial charge in [0.05, 0.1) is 43.6 Å². The average Bonchev–Trinajstić information content (AvgIpc) is 3.34. The van der Waals surface area contributed by atoms with Gasteiger partial charge in [0.25, 0.3) is 0 Å². The van der Waals surface area contributed by atoms with Crippen molar-refractivity contribution in [2.45, 2.75) is 44.8 Å². The van der Waals surface area contributed by atoms with E-state index in [1.807, 2.05) is 30.5 Å². The number of quaternary nitrogens is 1. The molecule has 0 spiro atoms. The second kappa shape index (κ2) is 12.0. The van der Waals surface area contributed by atoms with Crippen molar-refractivity contribution in [2.75, 3.05) is 32.5 Å². The van der Waals surface area contributed by atoms with Gasteiger partial charge in [0.1, 0.15) is 35.1 Å². The zero-order valence-corrected chi connectivity index (χ0v) is 25.5.